The third kappa shape index (κ3) is 5.44. The number of nitrogens with zero attached hydrogens (tertiary/aromatic N) is 4. The van der Waals surface area contributed by atoms with Crippen molar-refractivity contribution in [2.45, 2.75) is 38.9 Å². The lowest BCUT2D eigenvalue weighted by Gasteiger charge is -2.31. The second-order valence-corrected chi connectivity index (χ2v) is 7.91. The summed E-state index contributed by atoms with van der Waals surface area (Å²) in [6.45, 7) is 2.97. The average molecular weight is 459 g/mol. The molecule has 0 unspecified atom stereocenters. The van der Waals surface area contributed by atoms with Crippen molar-refractivity contribution in [3.63, 3.8) is 0 Å². The summed E-state index contributed by atoms with van der Waals surface area (Å²) in [5.74, 6) is -0.447. The van der Waals surface area contributed by atoms with Gasteiger partial charge in [0.15, 0.2) is 0 Å². The molecule has 4 rings (SSSR count). The number of anilines is 2. The third-order valence-electron chi connectivity index (χ3n) is 5.35. The predicted octanol–water partition coefficient (Wildman–Crippen LogP) is 4.47. The van der Waals surface area contributed by atoms with Crippen LogP contribution in [0.3, 0.4) is 0 Å². The van der Waals surface area contributed by atoms with Crippen LogP contribution >= 0.6 is 0 Å². The summed E-state index contributed by atoms with van der Waals surface area (Å²) in [6, 6.07) is 7.05. The molecule has 1 N–H and O–H groups in total. The number of fused-ring (bicyclic) bond motifs is 1. The van der Waals surface area contributed by atoms with Crippen LogP contribution in [-0.4, -0.2) is 27.4 Å². The highest BCUT2D eigenvalue weighted by Gasteiger charge is 2.32. The molecule has 0 saturated carbocycles. The van der Waals surface area contributed by atoms with Gasteiger partial charge in [0.25, 0.3) is 0 Å². The summed E-state index contributed by atoms with van der Waals surface area (Å²) in [5, 5.41) is 2.80. The highest BCUT2D eigenvalue weighted by Crippen LogP contribution is 2.31. The van der Waals surface area contributed by atoms with Gasteiger partial charge in [-0.05, 0) is 54.7 Å². The molecule has 3 aromatic rings. The molecule has 1 aliphatic rings. The summed E-state index contributed by atoms with van der Waals surface area (Å²) in [6.07, 6.45) is -0.315. The first-order valence-corrected chi connectivity index (χ1v) is 10.4. The molecule has 0 aliphatic carbocycles. The third-order valence-corrected chi connectivity index (χ3v) is 5.35. The Kier molecular flexibility index (Phi) is 6.26. The number of rotatable bonds is 5. The Morgan fingerprint density at radius 1 is 1.12 bits per heavy atom. The van der Waals surface area contributed by atoms with Gasteiger partial charge in [0.1, 0.15) is 11.5 Å². The van der Waals surface area contributed by atoms with Crippen molar-refractivity contribution in [3.8, 4) is 0 Å². The standard InChI is InChI=1S/C23H21F4N5O/c1-14-9-18-17(30-22(14)31-21(33)10-15-5-7-20(24)29-11-15)3-2-8-32(18)13-16-4-6-19(28-12-16)23(25,26)27/h4-7,9,11-12H,2-3,8,10,13H2,1H3,(H,30,31,33). The van der Waals surface area contributed by atoms with E-state index in [4.69, 9.17) is 0 Å². The molecule has 0 radical (unpaired) electrons. The molecule has 0 saturated heterocycles. The van der Waals surface area contributed by atoms with Crippen molar-refractivity contribution < 1.29 is 22.4 Å². The Labute approximate surface area is 187 Å². The Balaban J connectivity index is 1.48. The molecule has 0 spiro atoms. The maximum Gasteiger partial charge on any atom is 0.433 e. The maximum atomic E-state index is 12.9. The normalized spacial score (nSPS) is 13.5. The molecule has 0 atom stereocenters. The number of hydrogen-bond acceptors (Lipinski definition) is 5. The number of halogens is 4. The zero-order valence-electron chi connectivity index (χ0n) is 17.8. The fourth-order valence-electron chi connectivity index (χ4n) is 3.72. The fourth-order valence-corrected chi connectivity index (χ4v) is 3.72. The van der Waals surface area contributed by atoms with Gasteiger partial charge < -0.3 is 10.2 Å². The molecular formula is C23H21F4N5O. The second kappa shape index (κ2) is 9.13. The number of amides is 1. The number of nitrogens with one attached hydrogen (secondary N) is 1. The molecule has 0 fully saturated rings. The van der Waals surface area contributed by atoms with E-state index in [0.717, 1.165) is 42.4 Å². The smallest absolute Gasteiger partial charge is 0.366 e. The number of hydrogen-bond donors (Lipinski definition) is 1. The van der Waals surface area contributed by atoms with Crippen LogP contribution in [0.15, 0.2) is 42.7 Å². The van der Waals surface area contributed by atoms with E-state index in [9.17, 15) is 22.4 Å². The lowest BCUT2D eigenvalue weighted by atomic mass is 10.0. The summed E-state index contributed by atoms with van der Waals surface area (Å²) in [4.78, 5) is 26.2. The number of carbonyl (C=O) groups is 1. The van der Waals surface area contributed by atoms with Gasteiger partial charge in [0.05, 0.1) is 17.8 Å². The van der Waals surface area contributed by atoms with Crippen LogP contribution in [0.1, 0.15) is 34.5 Å². The zero-order chi connectivity index (χ0) is 23.6. The van der Waals surface area contributed by atoms with E-state index >= 15 is 0 Å². The van der Waals surface area contributed by atoms with E-state index in [0.29, 0.717) is 23.5 Å². The van der Waals surface area contributed by atoms with Crippen LogP contribution in [0.25, 0.3) is 0 Å². The molecule has 0 aromatic carbocycles. The van der Waals surface area contributed by atoms with Crippen molar-refractivity contribution in [3.05, 3.63) is 76.8 Å². The van der Waals surface area contributed by atoms with Gasteiger partial charge >= 0.3 is 6.18 Å². The van der Waals surface area contributed by atoms with Crippen molar-refractivity contribution in [1.82, 2.24) is 15.0 Å². The summed E-state index contributed by atoms with van der Waals surface area (Å²) in [5.41, 5.74) is 2.79. The molecule has 33 heavy (non-hydrogen) atoms. The molecule has 6 nitrogen and oxygen atoms in total. The first-order chi connectivity index (χ1) is 15.7. The van der Waals surface area contributed by atoms with E-state index < -0.39 is 17.8 Å². The zero-order valence-corrected chi connectivity index (χ0v) is 17.8. The molecule has 10 heteroatoms. The van der Waals surface area contributed by atoms with Crippen molar-refractivity contribution >= 4 is 17.4 Å². The average Bonchev–Trinajstić information content (AvgIpc) is 2.76. The Hall–Kier alpha value is -3.56. The van der Waals surface area contributed by atoms with E-state index in [1.807, 2.05) is 13.0 Å². The Bertz CT molecular complexity index is 1150. The van der Waals surface area contributed by atoms with Gasteiger partial charge in [-0.15, -0.1) is 0 Å². The van der Waals surface area contributed by atoms with Gasteiger partial charge in [-0.1, -0.05) is 12.1 Å². The molecule has 1 amide bonds. The maximum absolute atomic E-state index is 12.9. The lowest BCUT2D eigenvalue weighted by molar-refractivity contribution is -0.141. The van der Waals surface area contributed by atoms with Gasteiger partial charge in [0, 0.05) is 25.5 Å². The van der Waals surface area contributed by atoms with Crippen LogP contribution in [0.4, 0.5) is 29.1 Å². The minimum absolute atomic E-state index is 0.0402. The quantitative estimate of drug-likeness (QED) is 0.450. The first kappa shape index (κ1) is 22.6. The number of aryl methyl sites for hydroxylation is 2. The van der Waals surface area contributed by atoms with Crippen molar-refractivity contribution in [2.75, 3.05) is 16.8 Å². The predicted molar refractivity (Wildman–Crippen MR) is 114 cm³/mol. The van der Waals surface area contributed by atoms with Crippen LogP contribution < -0.4 is 10.2 Å². The van der Waals surface area contributed by atoms with Crippen LogP contribution in [0.2, 0.25) is 0 Å². The molecule has 4 heterocycles. The minimum Gasteiger partial charge on any atom is -0.366 e. The molecule has 3 aromatic heterocycles. The van der Waals surface area contributed by atoms with Crippen molar-refractivity contribution in [2.24, 2.45) is 0 Å². The first-order valence-electron chi connectivity index (χ1n) is 10.4. The van der Waals surface area contributed by atoms with Gasteiger partial charge in [-0.25, -0.2) is 9.97 Å². The van der Waals surface area contributed by atoms with Crippen LogP contribution in [0.5, 0.6) is 0 Å². The van der Waals surface area contributed by atoms with Crippen molar-refractivity contribution in [1.29, 1.82) is 0 Å². The van der Waals surface area contributed by atoms with E-state index in [1.54, 1.807) is 0 Å². The number of alkyl halides is 3. The Morgan fingerprint density at radius 3 is 2.55 bits per heavy atom. The van der Waals surface area contributed by atoms with E-state index in [1.165, 1.54) is 30.6 Å². The van der Waals surface area contributed by atoms with Crippen LogP contribution in [-0.2, 0) is 30.4 Å². The number of carbonyl (C=O) groups excluding carboxylic acids is 1. The topological polar surface area (TPSA) is 71.0 Å². The van der Waals surface area contributed by atoms with Gasteiger partial charge in [-0.3, -0.25) is 9.78 Å². The SMILES string of the molecule is Cc1cc2c(nc1NC(=O)Cc1ccc(F)nc1)CCCN2Cc1ccc(C(F)(F)F)nc1. The lowest BCUT2D eigenvalue weighted by Crippen LogP contribution is -2.30. The largest absolute Gasteiger partial charge is 0.433 e. The number of aromatic nitrogens is 3. The summed E-state index contributed by atoms with van der Waals surface area (Å²) < 4.78 is 51.2. The molecule has 1 aliphatic heterocycles. The monoisotopic (exact) mass is 459 g/mol. The molecule has 0 bridgehead atoms. The van der Waals surface area contributed by atoms with Crippen LogP contribution in [0, 0.1) is 12.9 Å². The minimum atomic E-state index is -4.47. The highest BCUT2D eigenvalue weighted by atomic mass is 19.4. The second-order valence-electron chi connectivity index (χ2n) is 7.91. The number of pyridine rings is 3. The highest BCUT2D eigenvalue weighted by molar-refractivity contribution is 5.92. The fraction of sp³-hybridized carbons (Fsp3) is 0.304. The van der Waals surface area contributed by atoms with E-state index in [-0.39, 0.29) is 12.3 Å². The molecule has 172 valence electrons. The molecular weight excluding hydrogens is 438 g/mol. The summed E-state index contributed by atoms with van der Waals surface area (Å²) in [7, 11) is 0. The summed E-state index contributed by atoms with van der Waals surface area (Å²) >= 11 is 0. The van der Waals surface area contributed by atoms with Gasteiger partial charge in [0.2, 0.25) is 11.9 Å². The Morgan fingerprint density at radius 2 is 1.88 bits per heavy atom. The van der Waals surface area contributed by atoms with Gasteiger partial charge in [-0.2, -0.15) is 17.6 Å². The van der Waals surface area contributed by atoms with E-state index in [2.05, 4.69) is 25.2 Å².